The smallest absolute Gasteiger partial charge is 0.247 e. The second-order valence-electron chi connectivity index (χ2n) is 10.3. The molecular weight excluding hydrogens is 424 g/mol. The van der Waals surface area contributed by atoms with Crippen molar-refractivity contribution in [2.24, 2.45) is 11.3 Å². The Hall–Kier alpha value is -3.21. The predicted octanol–water partition coefficient (Wildman–Crippen LogP) is 5.65. The zero-order valence-corrected chi connectivity index (χ0v) is 20.9. The molecule has 1 aliphatic heterocycles. The van der Waals surface area contributed by atoms with Crippen LogP contribution in [-0.4, -0.2) is 35.1 Å². The molecule has 0 spiro atoms. The standard InChI is InChI=1S/C29H36N2O3/c1-20-13-15-22(16-14-20)21(2)18-24(32)19-25(29(3,4)5)28(34)31-17-9-12-26(31)27(33)30-23-10-7-6-8-11-23/h6-8,10-11,13-16,18,25-26H,9,12,17,19H2,1-5H3,(H,30,33)/b21-18+/t25-,26?/m1/s1. The van der Waals surface area contributed by atoms with Crippen LogP contribution in [0.1, 0.15) is 58.1 Å². The molecule has 2 atom stereocenters. The highest BCUT2D eigenvalue weighted by molar-refractivity contribution is 6.01. The first-order valence-corrected chi connectivity index (χ1v) is 12.0. The van der Waals surface area contributed by atoms with Crippen LogP contribution in [0.2, 0.25) is 0 Å². The van der Waals surface area contributed by atoms with E-state index in [0.717, 1.165) is 23.1 Å². The van der Waals surface area contributed by atoms with Crippen LogP contribution in [0.3, 0.4) is 0 Å². The summed E-state index contributed by atoms with van der Waals surface area (Å²) in [4.78, 5) is 41.3. The minimum Gasteiger partial charge on any atom is -0.330 e. The fourth-order valence-corrected chi connectivity index (χ4v) is 4.42. The van der Waals surface area contributed by atoms with E-state index in [2.05, 4.69) is 5.32 Å². The Labute approximate surface area is 203 Å². The lowest BCUT2D eigenvalue weighted by Crippen LogP contribution is -2.48. The Morgan fingerprint density at radius 1 is 1.06 bits per heavy atom. The van der Waals surface area contributed by atoms with Crippen molar-refractivity contribution in [1.82, 2.24) is 4.90 Å². The third kappa shape index (κ3) is 6.43. The SMILES string of the molecule is C/C(=C\C(=O)C[C@H](C(=O)N1CCCC1C(=O)Nc1ccccc1)C(C)(C)C)c1ccc(C)cc1. The first-order chi connectivity index (χ1) is 16.1. The Balaban J connectivity index is 1.74. The van der Waals surface area contributed by atoms with Crippen LogP contribution in [0.25, 0.3) is 5.57 Å². The lowest BCUT2D eigenvalue weighted by molar-refractivity contribution is -0.144. The molecule has 2 aromatic rings. The van der Waals surface area contributed by atoms with Gasteiger partial charge in [-0.3, -0.25) is 14.4 Å². The molecule has 1 heterocycles. The monoisotopic (exact) mass is 460 g/mol. The van der Waals surface area contributed by atoms with Gasteiger partial charge in [0.25, 0.3) is 0 Å². The molecule has 0 saturated carbocycles. The van der Waals surface area contributed by atoms with Gasteiger partial charge in [-0.15, -0.1) is 0 Å². The van der Waals surface area contributed by atoms with Crippen molar-refractivity contribution in [2.45, 2.75) is 59.9 Å². The van der Waals surface area contributed by atoms with E-state index >= 15 is 0 Å². The maximum Gasteiger partial charge on any atom is 0.247 e. The van der Waals surface area contributed by atoms with Gasteiger partial charge >= 0.3 is 0 Å². The fourth-order valence-electron chi connectivity index (χ4n) is 4.42. The number of carbonyl (C=O) groups is 3. The van der Waals surface area contributed by atoms with E-state index < -0.39 is 17.4 Å². The van der Waals surface area contributed by atoms with Crippen molar-refractivity contribution in [3.63, 3.8) is 0 Å². The number of rotatable bonds is 7. The molecular formula is C29H36N2O3. The van der Waals surface area contributed by atoms with Crippen LogP contribution in [0.5, 0.6) is 0 Å². The maximum atomic E-state index is 13.7. The second-order valence-corrected chi connectivity index (χ2v) is 10.3. The number of benzene rings is 2. The first-order valence-electron chi connectivity index (χ1n) is 12.0. The Morgan fingerprint density at radius 2 is 1.71 bits per heavy atom. The highest BCUT2D eigenvalue weighted by atomic mass is 16.2. The number of nitrogens with zero attached hydrogens (tertiary/aromatic N) is 1. The molecule has 0 aromatic heterocycles. The number of ketones is 1. The third-order valence-electron chi connectivity index (χ3n) is 6.51. The minimum absolute atomic E-state index is 0.0733. The van der Waals surface area contributed by atoms with Crippen molar-refractivity contribution >= 4 is 28.9 Å². The Morgan fingerprint density at radius 3 is 2.32 bits per heavy atom. The first kappa shape index (κ1) is 25.4. The highest BCUT2D eigenvalue weighted by Crippen LogP contribution is 2.34. The largest absolute Gasteiger partial charge is 0.330 e. The summed E-state index contributed by atoms with van der Waals surface area (Å²) < 4.78 is 0. The molecule has 1 fully saturated rings. The second kappa shape index (κ2) is 10.8. The molecule has 1 N–H and O–H groups in total. The summed E-state index contributed by atoms with van der Waals surface area (Å²) >= 11 is 0. The molecule has 180 valence electrons. The fraction of sp³-hybridized carbons (Fsp3) is 0.414. The van der Waals surface area contributed by atoms with Gasteiger partial charge in [0.05, 0.1) is 5.92 Å². The molecule has 2 amide bonds. The minimum atomic E-state index is -0.516. The summed E-state index contributed by atoms with van der Waals surface area (Å²) in [5, 5.41) is 2.93. The van der Waals surface area contributed by atoms with Crippen molar-refractivity contribution in [1.29, 1.82) is 0 Å². The average molecular weight is 461 g/mol. The molecule has 1 unspecified atom stereocenters. The van der Waals surface area contributed by atoms with E-state index in [1.807, 2.05) is 89.2 Å². The average Bonchev–Trinajstić information content (AvgIpc) is 3.27. The topological polar surface area (TPSA) is 66.5 Å². The summed E-state index contributed by atoms with van der Waals surface area (Å²) in [6.07, 6.45) is 3.16. The van der Waals surface area contributed by atoms with Gasteiger partial charge in [-0.05, 0) is 61.4 Å². The number of anilines is 1. The van der Waals surface area contributed by atoms with E-state index in [0.29, 0.717) is 18.7 Å². The van der Waals surface area contributed by atoms with Crippen LogP contribution < -0.4 is 5.32 Å². The number of carbonyl (C=O) groups excluding carboxylic acids is 3. The van der Waals surface area contributed by atoms with Crippen LogP contribution in [0.4, 0.5) is 5.69 Å². The van der Waals surface area contributed by atoms with Crippen molar-refractivity contribution in [3.05, 3.63) is 71.8 Å². The quantitative estimate of drug-likeness (QED) is 0.543. The van der Waals surface area contributed by atoms with E-state index in [-0.39, 0.29) is 24.0 Å². The molecule has 0 aliphatic carbocycles. The van der Waals surface area contributed by atoms with Gasteiger partial charge in [0.1, 0.15) is 6.04 Å². The van der Waals surface area contributed by atoms with E-state index in [1.165, 1.54) is 0 Å². The van der Waals surface area contributed by atoms with Crippen molar-refractivity contribution in [3.8, 4) is 0 Å². The number of amides is 2. The van der Waals surface area contributed by atoms with Crippen molar-refractivity contribution < 1.29 is 14.4 Å². The van der Waals surface area contributed by atoms with Crippen LogP contribution in [-0.2, 0) is 14.4 Å². The normalized spacial score (nSPS) is 17.4. The Kier molecular flexibility index (Phi) is 8.08. The number of hydrogen-bond acceptors (Lipinski definition) is 3. The molecule has 0 bridgehead atoms. The molecule has 0 radical (unpaired) electrons. The molecule has 5 heteroatoms. The molecule has 1 aliphatic rings. The molecule has 1 saturated heterocycles. The summed E-state index contributed by atoms with van der Waals surface area (Å²) in [6.45, 7) is 10.4. The van der Waals surface area contributed by atoms with Gasteiger partial charge < -0.3 is 10.2 Å². The van der Waals surface area contributed by atoms with Crippen LogP contribution >= 0.6 is 0 Å². The van der Waals surface area contributed by atoms with Crippen molar-refractivity contribution in [2.75, 3.05) is 11.9 Å². The number of aryl methyl sites for hydroxylation is 1. The highest BCUT2D eigenvalue weighted by Gasteiger charge is 2.41. The van der Waals surface area contributed by atoms with Gasteiger partial charge in [-0.25, -0.2) is 0 Å². The Bertz CT molecular complexity index is 1050. The van der Waals surface area contributed by atoms with E-state index in [9.17, 15) is 14.4 Å². The number of allylic oxidation sites excluding steroid dienone is 2. The van der Waals surface area contributed by atoms with Crippen LogP contribution in [0, 0.1) is 18.3 Å². The van der Waals surface area contributed by atoms with Gasteiger partial charge in [0.15, 0.2) is 5.78 Å². The van der Waals surface area contributed by atoms with Gasteiger partial charge in [0, 0.05) is 18.7 Å². The summed E-state index contributed by atoms with van der Waals surface area (Å²) in [6, 6.07) is 16.8. The van der Waals surface area contributed by atoms with Gasteiger partial charge in [-0.2, -0.15) is 0 Å². The molecule has 2 aromatic carbocycles. The molecule has 3 rings (SSSR count). The lowest BCUT2D eigenvalue weighted by Gasteiger charge is -2.34. The van der Waals surface area contributed by atoms with Gasteiger partial charge in [0.2, 0.25) is 11.8 Å². The van der Waals surface area contributed by atoms with Crippen LogP contribution in [0.15, 0.2) is 60.7 Å². The molecule has 5 nitrogen and oxygen atoms in total. The zero-order valence-electron chi connectivity index (χ0n) is 20.9. The van der Waals surface area contributed by atoms with Gasteiger partial charge in [-0.1, -0.05) is 68.8 Å². The molecule has 34 heavy (non-hydrogen) atoms. The van der Waals surface area contributed by atoms with E-state index in [1.54, 1.807) is 11.0 Å². The zero-order chi connectivity index (χ0) is 24.9. The summed E-state index contributed by atoms with van der Waals surface area (Å²) in [5.74, 6) is -0.873. The maximum absolute atomic E-state index is 13.7. The number of hydrogen-bond donors (Lipinski definition) is 1. The lowest BCUT2D eigenvalue weighted by atomic mass is 9.76. The number of para-hydroxylation sites is 1. The predicted molar refractivity (Wildman–Crippen MR) is 137 cm³/mol. The number of likely N-dealkylation sites (tertiary alicyclic amines) is 1. The third-order valence-corrected chi connectivity index (χ3v) is 6.51. The number of nitrogens with one attached hydrogen (secondary N) is 1. The van der Waals surface area contributed by atoms with E-state index in [4.69, 9.17) is 0 Å². The summed E-state index contributed by atoms with van der Waals surface area (Å²) in [7, 11) is 0. The summed E-state index contributed by atoms with van der Waals surface area (Å²) in [5.41, 5.74) is 3.34.